The number of nitrogens with zero attached hydrogens (tertiary/aromatic N) is 1. The number of carbonyl (C=O) groups excluding carboxylic acids is 3. The maximum Gasteiger partial charge on any atom is 0.311 e. The van der Waals surface area contributed by atoms with Gasteiger partial charge >= 0.3 is 5.97 Å². The fourth-order valence-electron chi connectivity index (χ4n) is 3.45. The average Bonchev–Trinajstić information content (AvgIpc) is 3.31. The Balaban J connectivity index is 1.52. The van der Waals surface area contributed by atoms with E-state index in [1.165, 1.54) is 0 Å². The molecule has 1 aromatic carbocycles. The lowest BCUT2D eigenvalue weighted by molar-refractivity contribution is -0.151. The van der Waals surface area contributed by atoms with Gasteiger partial charge in [0.05, 0.1) is 18.7 Å². The Morgan fingerprint density at radius 3 is 2.76 bits per heavy atom. The number of esters is 1. The Hall–Kier alpha value is -3.09. The Morgan fingerprint density at radius 1 is 1.28 bits per heavy atom. The van der Waals surface area contributed by atoms with Crippen LogP contribution < -0.4 is 5.32 Å². The summed E-state index contributed by atoms with van der Waals surface area (Å²) >= 11 is 0. The van der Waals surface area contributed by atoms with E-state index in [2.05, 4.69) is 19.2 Å². The minimum absolute atomic E-state index is 0.0798. The van der Waals surface area contributed by atoms with Crippen molar-refractivity contribution in [2.24, 2.45) is 5.92 Å². The molecule has 3 rings (SSSR count). The lowest BCUT2D eigenvalue weighted by Crippen LogP contribution is -2.28. The van der Waals surface area contributed by atoms with Gasteiger partial charge in [0.15, 0.2) is 6.61 Å². The van der Waals surface area contributed by atoms with Gasteiger partial charge < -0.3 is 19.4 Å². The lowest BCUT2D eigenvalue weighted by atomic mass is 9.98. The van der Waals surface area contributed by atoms with Crippen molar-refractivity contribution in [2.45, 2.75) is 39.7 Å². The van der Waals surface area contributed by atoms with Crippen LogP contribution in [0.25, 0.3) is 0 Å². The van der Waals surface area contributed by atoms with Gasteiger partial charge in [-0.1, -0.05) is 32.0 Å². The van der Waals surface area contributed by atoms with Gasteiger partial charge in [-0.25, -0.2) is 0 Å². The summed E-state index contributed by atoms with van der Waals surface area (Å²) in [6.07, 6.45) is 1.62. The van der Waals surface area contributed by atoms with Gasteiger partial charge in [0.2, 0.25) is 5.91 Å². The number of hydrogen-bond acceptors (Lipinski definition) is 5. The molecule has 0 bridgehead atoms. The second-order valence-electron chi connectivity index (χ2n) is 7.60. The van der Waals surface area contributed by atoms with E-state index < -0.39 is 17.8 Å². The highest BCUT2D eigenvalue weighted by atomic mass is 16.5. The number of benzene rings is 1. The van der Waals surface area contributed by atoms with E-state index >= 15 is 0 Å². The minimum Gasteiger partial charge on any atom is -0.467 e. The van der Waals surface area contributed by atoms with Crippen LogP contribution in [-0.4, -0.2) is 35.8 Å². The number of anilines is 1. The third-order valence-corrected chi connectivity index (χ3v) is 5.01. The van der Waals surface area contributed by atoms with Crippen molar-refractivity contribution in [3.05, 3.63) is 53.5 Å². The fourth-order valence-corrected chi connectivity index (χ4v) is 3.45. The van der Waals surface area contributed by atoms with Crippen molar-refractivity contribution in [3.63, 3.8) is 0 Å². The Morgan fingerprint density at radius 2 is 2.07 bits per heavy atom. The maximum atomic E-state index is 12.3. The highest BCUT2D eigenvalue weighted by Crippen LogP contribution is 2.27. The van der Waals surface area contributed by atoms with E-state index in [-0.39, 0.29) is 31.4 Å². The molecule has 0 saturated carbocycles. The molecule has 1 aliphatic rings. The van der Waals surface area contributed by atoms with E-state index in [0.717, 1.165) is 16.8 Å². The zero-order valence-electron chi connectivity index (χ0n) is 16.9. The summed E-state index contributed by atoms with van der Waals surface area (Å²) in [5, 5.41) is 2.85. The predicted molar refractivity (Wildman–Crippen MR) is 107 cm³/mol. The molecule has 0 unspecified atom stereocenters. The van der Waals surface area contributed by atoms with Crippen molar-refractivity contribution in [3.8, 4) is 0 Å². The van der Waals surface area contributed by atoms with E-state index in [4.69, 9.17) is 9.15 Å². The summed E-state index contributed by atoms with van der Waals surface area (Å²) in [6.45, 7) is 6.22. The minimum atomic E-state index is -0.574. The molecule has 1 aliphatic heterocycles. The van der Waals surface area contributed by atoms with Gasteiger partial charge in [0, 0.05) is 18.7 Å². The van der Waals surface area contributed by atoms with E-state index in [0.29, 0.717) is 12.3 Å². The van der Waals surface area contributed by atoms with Crippen LogP contribution in [0.15, 0.2) is 41.0 Å². The first-order valence-electron chi connectivity index (χ1n) is 9.71. The molecule has 1 fully saturated rings. The van der Waals surface area contributed by atoms with E-state index in [1.54, 1.807) is 23.3 Å². The number of ether oxygens (including phenoxy) is 1. The van der Waals surface area contributed by atoms with Gasteiger partial charge in [-0.2, -0.15) is 0 Å². The van der Waals surface area contributed by atoms with Crippen LogP contribution in [0.4, 0.5) is 5.69 Å². The molecule has 1 aromatic heterocycles. The molecule has 1 saturated heterocycles. The smallest absolute Gasteiger partial charge is 0.311 e. The molecule has 0 radical (unpaired) electrons. The SMILES string of the molecule is Cc1cccc(C(C)C)c1NC(=O)COC(=O)[C@@H]1CC(=O)N(Cc2ccco2)C1. The number of amides is 2. The second-order valence-corrected chi connectivity index (χ2v) is 7.60. The topological polar surface area (TPSA) is 88.8 Å². The first-order valence-corrected chi connectivity index (χ1v) is 9.71. The molecule has 2 amide bonds. The standard InChI is InChI=1S/C22H26N2O5/c1-14(2)18-8-4-6-15(3)21(18)23-19(25)13-29-22(27)16-10-20(26)24(11-16)12-17-7-5-9-28-17/h4-9,14,16H,10-13H2,1-3H3,(H,23,25)/t16-/m1/s1. The van der Waals surface area contributed by atoms with Crippen LogP contribution in [0.5, 0.6) is 0 Å². The van der Waals surface area contributed by atoms with Crippen LogP contribution in [-0.2, 0) is 25.7 Å². The number of carbonyl (C=O) groups is 3. The Labute approximate surface area is 170 Å². The fraction of sp³-hybridized carbons (Fsp3) is 0.409. The molecule has 7 heteroatoms. The Kier molecular flexibility index (Phi) is 6.36. The van der Waals surface area contributed by atoms with Gasteiger partial charge in [0.25, 0.3) is 5.91 Å². The molecule has 0 aliphatic carbocycles. The van der Waals surface area contributed by atoms with Gasteiger partial charge in [-0.05, 0) is 36.1 Å². The molecule has 1 N–H and O–H groups in total. The molecule has 154 valence electrons. The van der Waals surface area contributed by atoms with E-state index in [9.17, 15) is 14.4 Å². The summed E-state index contributed by atoms with van der Waals surface area (Å²) in [4.78, 5) is 38.3. The van der Waals surface area contributed by atoms with Gasteiger partial charge in [-0.3, -0.25) is 14.4 Å². The second kappa shape index (κ2) is 8.94. The zero-order chi connectivity index (χ0) is 21.0. The van der Waals surface area contributed by atoms with Crippen LogP contribution in [0.3, 0.4) is 0 Å². The highest BCUT2D eigenvalue weighted by molar-refractivity contribution is 5.95. The number of likely N-dealkylation sites (tertiary alicyclic amines) is 1. The monoisotopic (exact) mass is 398 g/mol. The van der Waals surface area contributed by atoms with Crippen LogP contribution in [0.1, 0.15) is 43.1 Å². The van der Waals surface area contributed by atoms with Crippen molar-refractivity contribution in [1.82, 2.24) is 4.90 Å². The van der Waals surface area contributed by atoms with Gasteiger partial charge in [-0.15, -0.1) is 0 Å². The van der Waals surface area contributed by atoms with Crippen molar-refractivity contribution in [2.75, 3.05) is 18.5 Å². The number of hydrogen-bond donors (Lipinski definition) is 1. The first kappa shape index (κ1) is 20.6. The summed E-state index contributed by atoms with van der Waals surface area (Å²) in [5.41, 5.74) is 2.73. The third kappa shape index (κ3) is 5.04. The Bertz CT molecular complexity index is 889. The van der Waals surface area contributed by atoms with Crippen molar-refractivity contribution >= 4 is 23.5 Å². The highest BCUT2D eigenvalue weighted by Gasteiger charge is 2.35. The third-order valence-electron chi connectivity index (χ3n) is 5.01. The number of para-hydroxylation sites is 1. The summed E-state index contributed by atoms with van der Waals surface area (Å²) in [5.74, 6) is -0.733. The quantitative estimate of drug-likeness (QED) is 0.724. The molecule has 0 spiro atoms. The van der Waals surface area contributed by atoms with Crippen LogP contribution >= 0.6 is 0 Å². The molecular formula is C22H26N2O5. The zero-order valence-corrected chi connectivity index (χ0v) is 16.9. The summed E-state index contributed by atoms with van der Waals surface area (Å²) in [7, 11) is 0. The largest absolute Gasteiger partial charge is 0.467 e. The number of rotatable bonds is 7. The number of nitrogens with one attached hydrogen (secondary N) is 1. The average molecular weight is 398 g/mol. The predicted octanol–water partition coefficient (Wildman–Crippen LogP) is 3.24. The molecule has 1 atom stereocenters. The maximum absolute atomic E-state index is 12.3. The lowest BCUT2D eigenvalue weighted by Gasteiger charge is -2.17. The molecule has 7 nitrogen and oxygen atoms in total. The normalized spacial score (nSPS) is 16.3. The molecule has 29 heavy (non-hydrogen) atoms. The van der Waals surface area contributed by atoms with Crippen LogP contribution in [0.2, 0.25) is 0 Å². The van der Waals surface area contributed by atoms with E-state index in [1.807, 2.05) is 25.1 Å². The summed E-state index contributed by atoms with van der Waals surface area (Å²) < 4.78 is 10.4. The number of aryl methyl sites for hydroxylation is 1. The van der Waals surface area contributed by atoms with Crippen LogP contribution in [0, 0.1) is 12.8 Å². The van der Waals surface area contributed by atoms with Gasteiger partial charge in [0.1, 0.15) is 5.76 Å². The van der Waals surface area contributed by atoms with Crippen molar-refractivity contribution in [1.29, 1.82) is 0 Å². The molecule has 2 aromatic rings. The first-order chi connectivity index (χ1) is 13.8. The molecule has 2 heterocycles. The molecular weight excluding hydrogens is 372 g/mol. The van der Waals surface area contributed by atoms with Crippen molar-refractivity contribution < 1.29 is 23.5 Å². The number of furan rings is 1. The summed E-state index contributed by atoms with van der Waals surface area (Å²) in [6, 6.07) is 9.37.